The molecule has 0 aliphatic carbocycles. The lowest BCUT2D eigenvalue weighted by atomic mass is 10.2. The molecule has 0 unspecified atom stereocenters. The number of nitrogens with one attached hydrogen (secondary N) is 1. The molecule has 0 saturated carbocycles. The van der Waals surface area contributed by atoms with Gasteiger partial charge in [0.25, 0.3) is 0 Å². The summed E-state index contributed by atoms with van der Waals surface area (Å²) in [7, 11) is 1.66. The van der Waals surface area contributed by atoms with Crippen LogP contribution in [0.4, 0.5) is 0 Å². The molecular formula is C22H39N5O3. The number of hydrogen-bond donors (Lipinski definition) is 2. The zero-order chi connectivity index (χ0) is 21.6. The van der Waals surface area contributed by atoms with E-state index in [2.05, 4.69) is 34.0 Å². The smallest absolute Gasteiger partial charge is 0.188 e. The second-order valence-electron chi connectivity index (χ2n) is 7.30. The first kappa shape index (κ1) is 24.2. The minimum Gasteiger partial charge on any atom is -0.493 e. The van der Waals surface area contributed by atoms with Crippen molar-refractivity contribution in [2.45, 2.75) is 26.8 Å². The van der Waals surface area contributed by atoms with Gasteiger partial charge in [-0.05, 0) is 43.8 Å². The SMILES string of the molecule is CCN(CC)CCOc1ccc(CN=C(N)NCCCN2CCOCC2)cc1OC. The maximum Gasteiger partial charge on any atom is 0.188 e. The number of hydrogen-bond acceptors (Lipinski definition) is 6. The zero-order valence-electron chi connectivity index (χ0n) is 18.9. The minimum atomic E-state index is 0.468. The van der Waals surface area contributed by atoms with Crippen LogP contribution in [0, 0.1) is 0 Å². The van der Waals surface area contributed by atoms with Crippen LogP contribution in [0.2, 0.25) is 0 Å². The summed E-state index contributed by atoms with van der Waals surface area (Å²) in [4.78, 5) is 9.18. The molecule has 1 aromatic carbocycles. The molecule has 8 heteroatoms. The van der Waals surface area contributed by atoms with Crippen LogP contribution in [-0.4, -0.2) is 88.5 Å². The first-order chi connectivity index (χ1) is 14.7. The van der Waals surface area contributed by atoms with Gasteiger partial charge in [0.2, 0.25) is 0 Å². The fourth-order valence-electron chi connectivity index (χ4n) is 3.33. The third-order valence-electron chi connectivity index (χ3n) is 5.28. The molecule has 1 fully saturated rings. The Bertz CT molecular complexity index is 631. The van der Waals surface area contributed by atoms with Crippen molar-refractivity contribution in [3.8, 4) is 11.5 Å². The van der Waals surface area contributed by atoms with E-state index >= 15 is 0 Å². The van der Waals surface area contributed by atoms with Gasteiger partial charge in [0, 0.05) is 26.2 Å². The summed E-state index contributed by atoms with van der Waals surface area (Å²) in [6.07, 6.45) is 1.03. The van der Waals surface area contributed by atoms with Gasteiger partial charge in [-0.25, -0.2) is 4.99 Å². The number of likely N-dealkylation sites (N-methyl/N-ethyl adjacent to an activating group) is 1. The van der Waals surface area contributed by atoms with Gasteiger partial charge >= 0.3 is 0 Å². The molecule has 0 radical (unpaired) electrons. The molecule has 1 aliphatic rings. The highest BCUT2D eigenvalue weighted by atomic mass is 16.5. The Morgan fingerprint density at radius 1 is 1.23 bits per heavy atom. The van der Waals surface area contributed by atoms with E-state index in [0.29, 0.717) is 19.1 Å². The summed E-state index contributed by atoms with van der Waals surface area (Å²) in [6, 6.07) is 5.91. The van der Waals surface area contributed by atoms with Crippen molar-refractivity contribution in [3.05, 3.63) is 23.8 Å². The number of benzene rings is 1. The van der Waals surface area contributed by atoms with Crippen molar-refractivity contribution >= 4 is 5.96 Å². The predicted octanol–water partition coefficient (Wildman–Crippen LogP) is 1.54. The lowest BCUT2D eigenvalue weighted by molar-refractivity contribution is 0.0376. The van der Waals surface area contributed by atoms with Crippen LogP contribution < -0.4 is 20.5 Å². The highest BCUT2D eigenvalue weighted by Crippen LogP contribution is 2.28. The Hall–Kier alpha value is -2.03. The lowest BCUT2D eigenvalue weighted by Gasteiger charge is -2.26. The number of ether oxygens (including phenoxy) is 3. The Morgan fingerprint density at radius 3 is 2.70 bits per heavy atom. The first-order valence-electron chi connectivity index (χ1n) is 11.0. The first-order valence-corrected chi connectivity index (χ1v) is 11.0. The van der Waals surface area contributed by atoms with Gasteiger partial charge in [0.1, 0.15) is 6.61 Å². The van der Waals surface area contributed by atoms with Gasteiger partial charge in [-0.2, -0.15) is 0 Å². The summed E-state index contributed by atoms with van der Waals surface area (Å²) in [5.41, 5.74) is 7.03. The van der Waals surface area contributed by atoms with E-state index in [4.69, 9.17) is 19.9 Å². The number of methoxy groups -OCH3 is 1. The molecule has 2 rings (SSSR count). The van der Waals surface area contributed by atoms with Gasteiger partial charge < -0.3 is 30.2 Å². The third kappa shape index (κ3) is 8.77. The van der Waals surface area contributed by atoms with Crippen LogP contribution in [0.25, 0.3) is 0 Å². The lowest BCUT2D eigenvalue weighted by Crippen LogP contribution is -2.39. The van der Waals surface area contributed by atoms with Crippen molar-refractivity contribution in [2.24, 2.45) is 10.7 Å². The van der Waals surface area contributed by atoms with Crippen molar-refractivity contribution in [2.75, 3.05) is 72.7 Å². The van der Waals surface area contributed by atoms with Crippen LogP contribution in [0.5, 0.6) is 11.5 Å². The van der Waals surface area contributed by atoms with E-state index < -0.39 is 0 Å². The van der Waals surface area contributed by atoms with E-state index in [9.17, 15) is 0 Å². The molecule has 0 aromatic heterocycles. The highest BCUT2D eigenvalue weighted by Gasteiger charge is 2.09. The number of nitrogens with two attached hydrogens (primary N) is 1. The Balaban J connectivity index is 1.73. The van der Waals surface area contributed by atoms with Gasteiger partial charge in [-0.1, -0.05) is 19.9 Å². The van der Waals surface area contributed by atoms with Crippen molar-refractivity contribution in [1.29, 1.82) is 0 Å². The molecular weight excluding hydrogens is 382 g/mol. The summed E-state index contributed by atoms with van der Waals surface area (Å²) >= 11 is 0. The van der Waals surface area contributed by atoms with Crippen molar-refractivity contribution < 1.29 is 14.2 Å². The highest BCUT2D eigenvalue weighted by molar-refractivity contribution is 5.77. The van der Waals surface area contributed by atoms with Gasteiger partial charge in [-0.15, -0.1) is 0 Å². The quantitative estimate of drug-likeness (QED) is 0.284. The molecule has 170 valence electrons. The van der Waals surface area contributed by atoms with Crippen LogP contribution in [0.3, 0.4) is 0 Å². The molecule has 0 atom stereocenters. The molecule has 3 N–H and O–H groups in total. The Morgan fingerprint density at radius 2 is 2.00 bits per heavy atom. The molecule has 0 bridgehead atoms. The van der Waals surface area contributed by atoms with Crippen LogP contribution >= 0.6 is 0 Å². The molecule has 8 nitrogen and oxygen atoms in total. The number of aliphatic imine (C=N–C) groups is 1. The molecule has 30 heavy (non-hydrogen) atoms. The number of nitrogens with zero attached hydrogens (tertiary/aromatic N) is 3. The van der Waals surface area contributed by atoms with Crippen molar-refractivity contribution in [1.82, 2.24) is 15.1 Å². The van der Waals surface area contributed by atoms with E-state index in [1.54, 1.807) is 7.11 Å². The average molecular weight is 422 g/mol. The van der Waals surface area contributed by atoms with Crippen LogP contribution in [0.15, 0.2) is 23.2 Å². The Labute approximate surface area is 181 Å². The number of morpholine rings is 1. The standard InChI is InChI=1S/C22H39N5O3/c1-4-26(5-2)13-16-30-20-8-7-19(17-21(20)28-3)18-25-22(23)24-9-6-10-27-11-14-29-15-12-27/h7-8,17H,4-6,9-16,18H2,1-3H3,(H3,23,24,25). The molecule has 0 amide bonds. The maximum absolute atomic E-state index is 6.01. The molecule has 1 heterocycles. The van der Waals surface area contributed by atoms with Crippen molar-refractivity contribution in [3.63, 3.8) is 0 Å². The van der Waals surface area contributed by atoms with Gasteiger partial charge in [0.05, 0.1) is 26.9 Å². The van der Waals surface area contributed by atoms with E-state index in [1.807, 2.05) is 18.2 Å². The van der Waals surface area contributed by atoms with E-state index in [-0.39, 0.29) is 0 Å². The summed E-state index contributed by atoms with van der Waals surface area (Å²) < 4.78 is 16.8. The second kappa shape index (κ2) is 14.1. The van der Waals surface area contributed by atoms with Gasteiger partial charge in [0.15, 0.2) is 17.5 Å². The van der Waals surface area contributed by atoms with Crippen LogP contribution in [0.1, 0.15) is 25.8 Å². The monoisotopic (exact) mass is 421 g/mol. The molecule has 1 saturated heterocycles. The molecule has 0 spiro atoms. The fourth-order valence-corrected chi connectivity index (χ4v) is 3.33. The summed E-state index contributed by atoms with van der Waals surface area (Å²) in [5, 5.41) is 3.19. The second-order valence-corrected chi connectivity index (χ2v) is 7.30. The topological polar surface area (TPSA) is 84.6 Å². The summed E-state index contributed by atoms with van der Waals surface area (Å²) in [6.45, 7) is 14.0. The molecule has 1 aromatic rings. The van der Waals surface area contributed by atoms with Crippen LogP contribution in [-0.2, 0) is 11.3 Å². The maximum atomic E-state index is 6.01. The molecule has 1 aliphatic heterocycles. The number of rotatable bonds is 13. The average Bonchev–Trinajstić information content (AvgIpc) is 2.79. The normalized spacial score (nSPS) is 15.4. The zero-order valence-corrected chi connectivity index (χ0v) is 18.9. The van der Waals surface area contributed by atoms with E-state index in [0.717, 1.165) is 82.5 Å². The van der Waals surface area contributed by atoms with Gasteiger partial charge in [-0.3, -0.25) is 4.90 Å². The third-order valence-corrected chi connectivity index (χ3v) is 5.28. The minimum absolute atomic E-state index is 0.468. The van der Waals surface area contributed by atoms with E-state index in [1.165, 1.54) is 0 Å². The number of guanidine groups is 1. The summed E-state index contributed by atoms with van der Waals surface area (Å²) in [5.74, 6) is 1.95. The fraction of sp³-hybridized carbons (Fsp3) is 0.682. The Kier molecular flexibility index (Phi) is 11.4. The predicted molar refractivity (Wildman–Crippen MR) is 121 cm³/mol. The largest absolute Gasteiger partial charge is 0.493 e.